The van der Waals surface area contributed by atoms with Crippen LogP contribution in [0.1, 0.15) is 42.6 Å². The second-order valence-corrected chi connectivity index (χ2v) is 8.77. The zero-order chi connectivity index (χ0) is 22.7. The largest absolute Gasteiger partial charge is 0.349 e. The van der Waals surface area contributed by atoms with E-state index in [-0.39, 0.29) is 23.8 Å². The first-order valence-electron chi connectivity index (χ1n) is 11.2. The fourth-order valence-corrected chi connectivity index (χ4v) is 4.05. The monoisotopic (exact) mass is 430 g/mol. The maximum absolute atomic E-state index is 13.3. The molecule has 0 bridgehead atoms. The second kappa shape index (κ2) is 9.39. The topological polar surface area (TPSA) is 67.2 Å². The van der Waals surface area contributed by atoms with E-state index in [9.17, 15) is 9.59 Å². The van der Waals surface area contributed by atoms with Gasteiger partial charge in [0.2, 0.25) is 5.91 Å². The summed E-state index contributed by atoms with van der Waals surface area (Å²) in [6.07, 6.45) is 3.33. The molecule has 0 radical (unpaired) electrons. The molecular formula is C26H30N4O2. The summed E-state index contributed by atoms with van der Waals surface area (Å²) in [5.74, 6) is 0.0542. The fraction of sp³-hybridized carbons (Fsp3) is 0.346. The van der Waals surface area contributed by atoms with Crippen LogP contribution in [0.5, 0.6) is 0 Å². The average molecular weight is 431 g/mol. The Bertz CT molecular complexity index is 1080. The Kier molecular flexibility index (Phi) is 6.40. The highest BCUT2D eigenvalue weighted by Gasteiger charge is 2.27. The van der Waals surface area contributed by atoms with Crippen molar-refractivity contribution >= 4 is 11.8 Å². The molecular weight excluding hydrogens is 400 g/mol. The SMILES string of the molecule is Cc1ccc(-n2cc(C(=O)NC3CCN(C(=O)C(C)C)CC3)c(-c3ccccc3)n2)cc1. The molecule has 6 heteroatoms. The van der Waals surface area contributed by atoms with Gasteiger partial charge in [0, 0.05) is 36.8 Å². The Labute approximate surface area is 189 Å². The number of rotatable bonds is 5. The van der Waals surface area contributed by atoms with Gasteiger partial charge in [0.1, 0.15) is 5.69 Å². The molecule has 2 heterocycles. The minimum atomic E-state index is -0.129. The third kappa shape index (κ3) is 4.74. The van der Waals surface area contributed by atoms with Crippen LogP contribution in [0.15, 0.2) is 60.8 Å². The van der Waals surface area contributed by atoms with Gasteiger partial charge in [0.05, 0.1) is 11.3 Å². The number of benzene rings is 2. The number of hydrogen-bond acceptors (Lipinski definition) is 3. The molecule has 2 amide bonds. The van der Waals surface area contributed by atoms with E-state index in [1.54, 1.807) is 10.9 Å². The summed E-state index contributed by atoms with van der Waals surface area (Å²) in [6, 6.07) is 17.9. The van der Waals surface area contributed by atoms with Crippen molar-refractivity contribution in [3.05, 3.63) is 71.9 Å². The number of carbonyl (C=O) groups is 2. The Hall–Kier alpha value is -3.41. The maximum atomic E-state index is 13.3. The molecule has 1 aliphatic heterocycles. The zero-order valence-electron chi connectivity index (χ0n) is 18.9. The molecule has 2 aromatic carbocycles. The Morgan fingerprint density at radius 1 is 1.00 bits per heavy atom. The Morgan fingerprint density at radius 3 is 2.28 bits per heavy atom. The van der Waals surface area contributed by atoms with E-state index in [1.165, 1.54) is 5.56 Å². The first kappa shape index (κ1) is 21.8. The van der Waals surface area contributed by atoms with E-state index < -0.39 is 0 Å². The molecule has 166 valence electrons. The van der Waals surface area contributed by atoms with Gasteiger partial charge in [-0.2, -0.15) is 5.10 Å². The molecule has 0 unspecified atom stereocenters. The van der Waals surface area contributed by atoms with Crippen LogP contribution in [-0.2, 0) is 4.79 Å². The van der Waals surface area contributed by atoms with E-state index in [0.29, 0.717) is 24.3 Å². The number of hydrogen-bond donors (Lipinski definition) is 1. The number of nitrogens with zero attached hydrogens (tertiary/aromatic N) is 3. The first-order chi connectivity index (χ1) is 15.4. The predicted octanol–water partition coefficient (Wildman–Crippen LogP) is 4.22. The van der Waals surface area contributed by atoms with Crippen LogP contribution in [0.3, 0.4) is 0 Å². The van der Waals surface area contributed by atoms with Gasteiger partial charge in [-0.15, -0.1) is 0 Å². The number of amides is 2. The van der Waals surface area contributed by atoms with Gasteiger partial charge in [0.15, 0.2) is 0 Å². The molecule has 1 N–H and O–H groups in total. The van der Waals surface area contributed by atoms with E-state index in [4.69, 9.17) is 5.10 Å². The number of aryl methyl sites for hydroxylation is 1. The molecule has 1 aliphatic rings. The van der Waals surface area contributed by atoms with Crippen molar-refractivity contribution in [3.8, 4) is 16.9 Å². The minimum Gasteiger partial charge on any atom is -0.349 e. The van der Waals surface area contributed by atoms with Crippen molar-refractivity contribution in [1.29, 1.82) is 0 Å². The lowest BCUT2D eigenvalue weighted by Crippen LogP contribution is -2.47. The molecule has 0 aliphatic carbocycles. The van der Waals surface area contributed by atoms with E-state index in [0.717, 1.165) is 24.1 Å². The minimum absolute atomic E-state index is 0.00202. The van der Waals surface area contributed by atoms with Gasteiger partial charge in [-0.1, -0.05) is 61.9 Å². The van der Waals surface area contributed by atoms with Crippen molar-refractivity contribution in [2.45, 2.75) is 39.7 Å². The van der Waals surface area contributed by atoms with E-state index in [1.807, 2.05) is 80.3 Å². The van der Waals surface area contributed by atoms with Crippen molar-refractivity contribution in [3.63, 3.8) is 0 Å². The van der Waals surface area contributed by atoms with Gasteiger partial charge in [-0.3, -0.25) is 9.59 Å². The average Bonchev–Trinajstić information content (AvgIpc) is 3.26. The van der Waals surface area contributed by atoms with Crippen LogP contribution in [0.25, 0.3) is 16.9 Å². The summed E-state index contributed by atoms with van der Waals surface area (Å²) in [4.78, 5) is 27.4. The fourth-order valence-electron chi connectivity index (χ4n) is 4.05. The second-order valence-electron chi connectivity index (χ2n) is 8.77. The van der Waals surface area contributed by atoms with Gasteiger partial charge in [-0.25, -0.2) is 4.68 Å². The molecule has 4 rings (SSSR count). The highest BCUT2D eigenvalue weighted by Crippen LogP contribution is 2.24. The Morgan fingerprint density at radius 2 is 1.66 bits per heavy atom. The molecule has 32 heavy (non-hydrogen) atoms. The zero-order valence-corrected chi connectivity index (χ0v) is 18.9. The summed E-state index contributed by atoms with van der Waals surface area (Å²) in [6.45, 7) is 7.24. The Balaban J connectivity index is 1.55. The van der Waals surface area contributed by atoms with Crippen LogP contribution >= 0.6 is 0 Å². The van der Waals surface area contributed by atoms with Crippen molar-refractivity contribution < 1.29 is 9.59 Å². The molecule has 1 fully saturated rings. The van der Waals surface area contributed by atoms with Crippen molar-refractivity contribution in [1.82, 2.24) is 20.0 Å². The maximum Gasteiger partial charge on any atom is 0.255 e. The van der Waals surface area contributed by atoms with Gasteiger partial charge in [-0.05, 0) is 31.9 Å². The molecule has 0 saturated carbocycles. The number of carbonyl (C=O) groups excluding carboxylic acids is 2. The third-order valence-electron chi connectivity index (χ3n) is 5.94. The summed E-state index contributed by atoms with van der Waals surface area (Å²) >= 11 is 0. The predicted molar refractivity (Wildman–Crippen MR) is 126 cm³/mol. The smallest absolute Gasteiger partial charge is 0.255 e. The summed E-state index contributed by atoms with van der Waals surface area (Å²) in [7, 11) is 0. The quantitative estimate of drug-likeness (QED) is 0.659. The lowest BCUT2D eigenvalue weighted by molar-refractivity contribution is -0.135. The van der Waals surface area contributed by atoms with Crippen LogP contribution < -0.4 is 5.32 Å². The first-order valence-corrected chi connectivity index (χ1v) is 11.2. The number of piperidine rings is 1. The molecule has 0 spiro atoms. The highest BCUT2D eigenvalue weighted by molar-refractivity contribution is 6.00. The molecule has 1 aromatic heterocycles. The van der Waals surface area contributed by atoms with Crippen molar-refractivity contribution in [2.75, 3.05) is 13.1 Å². The van der Waals surface area contributed by atoms with Crippen LogP contribution in [0, 0.1) is 12.8 Å². The lowest BCUT2D eigenvalue weighted by Gasteiger charge is -2.33. The van der Waals surface area contributed by atoms with Crippen molar-refractivity contribution in [2.24, 2.45) is 5.92 Å². The number of nitrogens with one attached hydrogen (secondary N) is 1. The van der Waals surface area contributed by atoms with E-state index >= 15 is 0 Å². The van der Waals surface area contributed by atoms with Gasteiger partial charge < -0.3 is 10.2 Å². The summed E-state index contributed by atoms with van der Waals surface area (Å²) in [5, 5.41) is 7.93. The summed E-state index contributed by atoms with van der Waals surface area (Å²) in [5.41, 5.74) is 4.20. The standard InChI is InChI=1S/C26H30N4O2/c1-18(2)26(32)29-15-13-21(14-16-29)27-25(31)23-17-30(22-11-9-19(3)10-12-22)28-24(23)20-7-5-4-6-8-20/h4-12,17-18,21H,13-16H2,1-3H3,(H,27,31). The van der Waals surface area contributed by atoms with E-state index in [2.05, 4.69) is 5.32 Å². The third-order valence-corrected chi connectivity index (χ3v) is 5.94. The molecule has 6 nitrogen and oxygen atoms in total. The van der Waals surface area contributed by atoms with Crippen LogP contribution in [-0.4, -0.2) is 45.6 Å². The lowest BCUT2D eigenvalue weighted by atomic mass is 10.0. The summed E-state index contributed by atoms with van der Waals surface area (Å²) < 4.78 is 1.76. The number of likely N-dealkylation sites (tertiary alicyclic amines) is 1. The van der Waals surface area contributed by atoms with Gasteiger partial charge >= 0.3 is 0 Å². The van der Waals surface area contributed by atoms with Crippen LogP contribution in [0.2, 0.25) is 0 Å². The number of aromatic nitrogens is 2. The highest BCUT2D eigenvalue weighted by atomic mass is 16.2. The van der Waals surface area contributed by atoms with Gasteiger partial charge in [0.25, 0.3) is 5.91 Å². The molecule has 3 aromatic rings. The normalized spacial score (nSPS) is 14.6. The molecule has 1 saturated heterocycles. The van der Waals surface area contributed by atoms with Crippen LogP contribution in [0.4, 0.5) is 0 Å². The molecule has 0 atom stereocenters.